The fourth-order valence-electron chi connectivity index (χ4n) is 3.08. The molecule has 0 saturated carbocycles. The second-order valence-electron chi connectivity index (χ2n) is 6.13. The lowest BCUT2D eigenvalue weighted by Crippen LogP contribution is -2.28. The summed E-state index contributed by atoms with van der Waals surface area (Å²) in [5.41, 5.74) is 3.32. The lowest BCUT2D eigenvalue weighted by Gasteiger charge is -2.09. The van der Waals surface area contributed by atoms with E-state index in [1.165, 1.54) is 34.9 Å². The van der Waals surface area contributed by atoms with Crippen LogP contribution in [0.25, 0.3) is 5.82 Å². The summed E-state index contributed by atoms with van der Waals surface area (Å²) in [7, 11) is 0. The van der Waals surface area contributed by atoms with Gasteiger partial charge in [-0.1, -0.05) is 6.07 Å². The quantitative estimate of drug-likeness (QED) is 0.688. The van der Waals surface area contributed by atoms with E-state index in [1.807, 2.05) is 6.07 Å². The van der Waals surface area contributed by atoms with Gasteiger partial charge in [-0.25, -0.2) is 14.6 Å². The summed E-state index contributed by atoms with van der Waals surface area (Å²) in [6.07, 6.45) is 8.04. The largest absolute Gasteiger partial charge is 0.492 e. The van der Waals surface area contributed by atoms with E-state index in [4.69, 9.17) is 4.74 Å². The Kier molecular flexibility index (Phi) is 4.59. The van der Waals surface area contributed by atoms with Crippen molar-refractivity contribution in [2.24, 2.45) is 0 Å². The van der Waals surface area contributed by atoms with E-state index in [9.17, 15) is 4.79 Å². The van der Waals surface area contributed by atoms with Gasteiger partial charge < -0.3 is 10.1 Å². The summed E-state index contributed by atoms with van der Waals surface area (Å²) >= 11 is 0. The number of nitrogens with one attached hydrogen (secondary N) is 1. The van der Waals surface area contributed by atoms with Gasteiger partial charge in [0.1, 0.15) is 25.0 Å². The van der Waals surface area contributed by atoms with Crippen LogP contribution in [-0.2, 0) is 12.8 Å². The van der Waals surface area contributed by atoms with Crippen LogP contribution in [-0.4, -0.2) is 38.8 Å². The lowest BCUT2D eigenvalue weighted by molar-refractivity contribution is 0.0947. The maximum absolute atomic E-state index is 12.3. The molecule has 1 aliphatic carbocycles. The number of fused-ring (bicyclic) bond motifs is 1. The Hall–Kier alpha value is -3.22. The minimum absolute atomic E-state index is 0.175. The summed E-state index contributed by atoms with van der Waals surface area (Å²) in [6, 6.07) is 9.58. The SMILES string of the molecule is O=C(NCCOc1ccc2c(c1)CCC2)c1ccnc(-n2cncn2)c1. The Morgan fingerprint density at radius 3 is 3.00 bits per heavy atom. The number of hydrogen-bond acceptors (Lipinski definition) is 5. The van der Waals surface area contributed by atoms with Crippen LogP contribution in [0.2, 0.25) is 0 Å². The van der Waals surface area contributed by atoms with Gasteiger partial charge in [-0.2, -0.15) is 5.10 Å². The molecule has 0 spiro atoms. The van der Waals surface area contributed by atoms with Crippen LogP contribution in [0.1, 0.15) is 27.9 Å². The van der Waals surface area contributed by atoms with Crippen molar-refractivity contribution in [1.29, 1.82) is 0 Å². The molecule has 0 unspecified atom stereocenters. The summed E-state index contributed by atoms with van der Waals surface area (Å²) in [5.74, 6) is 1.23. The Morgan fingerprint density at radius 1 is 1.19 bits per heavy atom. The topological polar surface area (TPSA) is 81.9 Å². The van der Waals surface area contributed by atoms with Gasteiger partial charge in [0.05, 0.1) is 6.54 Å². The zero-order valence-electron chi connectivity index (χ0n) is 14.3. The number of benzene rings is 1. The van der Waals surface area contributed by atoms with Crippen LogP contribution in [0.3, 0.4) is 0 Å². The number of carbonyl (C=O) groups is 1. The number of rotatable bonds is 6. The van der Waals surface area contributed by atoms with Gasteiger partial charge in [0, 0.05) is 11.8 Å². The zero-order valence-corrected chi connectivity index (χ0v) is 14.3. The van der Waals surface area contributed by atoms with Gasteiger partial charge in [-0.15, -0.1) is 0 Å². The molecule has 1 aliphatic rings. The third-order valence-electron chi connectivity index (χ3n) is 4.39. The number of carbonyl (C=O) groups excluding carboxylic acids is 1. The van der Waals surface area contributed by atoms with Crippen LogP contribution < -0.4 is 10.1 Å². The number of ether oxygens (including phenoxy) is 1. The van der Waals surface area contributed by atoms with Gasteiger partial charge in [-0.05, 0) is 54.7 Å². The minimum atomic E-state index is -0.175. The van der Waals surface area contributed by atoms with Crippen LogP contribution in [0.4, 0.5) is 0 Å². The highest BCUT2D eigenvalue weighted by atomic mass is 16.5. The molecule has 1 N–H and O–H groups in total. The summed E-state index contributed by atoms with van der Waals surface area (Å²) in [6.45, 7) is 0.850. The van der Waals surface area contributed by atoms with Crippen molar-refractivity contribution in [2.75, 3.05) is 13.2 Å². The van der Waals surface area contributed by atoms with Gasteiger partial charge in [0.2, 0.25) is 0 Å². The van der Waals surface area contributed by atoms with Gasteiger partial charge in [0.15, 0.2) is 5.82 Å². The summed E-state index contributed by atoms with van der Waals surface area (Å²) < 4.78 is 7.26. The number of hydrogen-bond donors (Lipinski definition) is 1. The Morgan fingerprint density at radius 2 is 2.12 bits per heavy atom. The molecule has 0 fully saturated rings. The zero-order chi connectivity index (χ0) is 17.8. The average Bonchev–Trinajstić information content (AvgIpc) is 3.36. The predicted octanol–water partition coefficient (Wildman–Crippen LogP) is 1.96. The van der Waals surface area contributed by atoms with Gasteiger partial charge in [0.25, 0.3) is 5.91 Å². The van der Waals surface area contributed by atoms with Crippen molar-refractivity contribution in [3.63, 3.8) is 0 Å². The van der Waals surface area contributed by atoms with Crippen molar-refractivity contribution >= 4 is 5.91 Å². The molecule has 1 amide bonds. The van der Waals surface area contributed by atoms with Crippen LogP contribution in [0, 0.1) is 0 Å². The van der Waals surface area contributed by atoms with Crippen LogP contribution in [0.5, 0.6) is 5.75 Å². The monoisotopic (exact) mass is 349 g/mol. The van der Waals surface area contributed by atoms with Crippen LogP contribution >= 0.6 is 0 Å². The first-order valence-corrected chi connectivity index (χ1v) is 8.63. The highest BCUT2D eigenvalue weighted by Gasteiger charge is 2.11. The van der Waals surface area contributed by atoms with Gasteiger partial charge >= 0.3 is 0 Å². The molecule has 3 aromatic rings. The molecule has 1 aromatic carbocycles. The normalized spacial score (nSPS) is 12.6. The highest BCUT2D eigenvalue weighted by Crippen LogP contribution is 2.25. The van der Waals surface area contributed by atoms with Crippen LogP contribution in [0.15, 0.2) is 49.2 Å². The van der Waals surface area contributed by atoms with E-state index in [2.05, 4.69) is 32.5 Å². The van der Waals surface area contributed by atoms with Crippen molar-refractivity contribution in [3.8, 4) is 11.6 Å². The van der Waals surface area contributed by atoms with E-state index in [0.717, 1.165) is 18.6 Å². The summed E-state index contributed by atoms with van der Waals surface area (Å²) in [5, 5.41) is 6.87. The smallest absolute Gasteiger partial charge is 0.251 e. The molecule has 132 valence electrons. The predicted molar refractivity (Wildman–Crippen MR) is 95.4 cm³/mol. The number of nitrogens with zero attached hydrogens (tertiary/aromatic N) is 4. The lowest BCUT2D eigenvalue weighted by atomic mass is 10.1. The van der Waals surface area contributed by atoms with E-state index < -0.39 is 0 Å². The maximum atomic E-state index is 12.3. The van der Waals surface area contributed by atoms with Crippen molar-refractivity contribution in [2.45, 2.75) is 19.3 Å². The van der Waals surface area contributed by atoms with E-state index in [0.29, 0.717) is 24.5 Å². The standard InChI is InChI=1S/C19H19N5O2/c25-19(16-6-7-21-18(11-16)24-13-20-12-23-24)22-8-9-26-17-5-4-14-2-1-3-15(14)10-17/h4-7,10-13H,1-3,8-9H2,(H,22,25). The number of aryl methyl sites for hydroxylation is 2. The molecule has 0 aliphatic heterocycles. The third-order valence-corrected chi connectivity index (χ3v) is 4.39. The molecule has 0 atom stereocenters. The van der Waals surface area contributed by atoms with Crippen molar-refractivity contribution < 1.29 is 9.53 Å². The molecule has 26 heavy (non-hydrogen) atoms. The van der Waals surface area contributed by atoms with E-state index in [1.54, 1.807) is 18.3 Å². The summed E-state index contributed by atoms with van der Waals surface area (Å²) in [4.78, 5) is 20.4. The molecular formula is C19H19N5O2. The molecule has 0 bridgehead atoms. The Labute approximate surface area is 151 Å². The molecule has 2 aromatic heterocycles. The molecular weight excluding hydrogens is 330 g/mol. The fourth-order valence-corrected chi connectivity index (χ4v) is 3.08. The van der Waals surface area contributed by atoms with E-state index in [-0.39, 0.29) is 5.91 Å². The molecule has 4 rings (SSSR count). The first-order valence-electron chi connectivity index (χ1n) is 8.63. The molecule has 7 nitrogen and oxygen atoms in total. The molecule has 0 radical (unpaired) electrons. The molecule has 7 heteroatoms. The minimum Gasteiger partial charge on any atom is -0.492 e. The highest BCUT2D eigenvalue weighted by molar-refractivity contribution is 5.94. The fraction of sp³-hybridized carbons (Fsp3) is 0.263. The number of pyridine rings is 1. The third kappa shape index (κ3) is 3.56. The van der Waals surface area contributed by atoms with Crippen molar-refractivity contribution in [1.82, 2.24) is 25.1 Å². The number of amides is 1. The second kappa shape index (κ2) is 7.35. The van der Waals surface area contributed by atoms with E-state index >= 15 is 0 Å². The first kappa shape index (κ1) is 16.3. The Bertz CT molecular complexity index is 908. The second-order valence-corrected chi connectivity index (χ2v) is 6.13. The van der Waals surface area contributed by atoms with Crippen molar-refractivity contribution in [3.05, 3.63) is 65.9 Å². The van der Waals surface area contributed by atoms with Gasteiger partial charge in [-0.3, -0.25) is 4.79 Å². The number of aromatic nitrogens is 4. The first-order chi connectivity index (χ1) is 12.8. The average molecular weight is 349 g/mol. The Balaban J connectivity index is 1.30. The molecule has 2 heterocycles. The maximum Gasteiger partial charge on any atom is 0.251 e. The molecule has 0 saturated heterocycles.